The van der Waals surface area contributed by atoms with E-state index in [1.807, 2.05) is 35.2 Å². The first-order chi connectivity index (χ1) is 13.7. The van der Waals surface area contributed by atoms with E-state index in [0.717, 1.165) is 36.4 Å². The number of benzene rings is 2. The van der Waals surface area contributed by atoms with Gasteiger partial charge in [-0.25, -0.2) is 0 Å². The molecule has 1 N–H and O–H groups in total. The molecule has 0 radical (unpaired) electrons. The average molecular weight is 378 g/mol. The van der Waals surface area contributed by atoms with Crippen LogP contribution in [0, 0.1) is 5.92 Å². The summed E-state index contributed by atoms with van der Waals surface area (Å²) in [6.07, 6.45) is 2.02. The second-order valence-electron chi connectivity index (χ2n) is 8.15. The van der Waals surface area contributed by atoms with Gasteiger partial charge in [-0.3, -0.25) is 9.69 Å². The number of aliphatic hydroxyl groups is 1. The number of para-hydroxylation sites is 1. The fourth-order valence-electron chi connectivity index (χ4n) is 4.94. The molecule has 3 atom stereocenters. The Hall–Kier alpha value is -2.37. The number of hydrogen-bond acceptors (Lipinski definition) is 4. The second-order valence-corrected chi connectivity index (χ2v) is 8.15. The van der Waals surface area contributed by atoms with Crippen LogP contribution in [0.1, 0.15) is 29.9 Å². The van der Waals surface area contributed by atoms with Crippen molar-refractivity contribution in [3.8, 4) is 5.75 Å². The van der Waals surface area contributed by atoms with E-state index in [-0.39, 0.29) is 36.4 Å². The predicted molar refractivity (Wildman–Crippen MR) is 107 cm³/mol. The zero-order valence-electron chi connectivity index (χ0n) is 16.1. The van der Waals surface area contributed by atoms with Crippen LogP contribution >= 0.6 is 0 Å². The van der Waals surface area contributed by atoms with E-state index < -0.39 is 0 Å². The van der Waals surface area contributed by atoms with Gasteiger partial charge in [-0.15, -0.1) is 0 Å². The van der Waals surface area contributed by atoms with Crippen LogP contribution in [0.3, 0.4) is 0 Å². The third kappa shape index (κ3) is 2.81. The van der Waals surface area contributed by atoms with Crippen LogP contribution in [-0.2, 0) is 11.3 Å². The topological polar surface area (TPSA) is 53.0 Å². The number of carbonyl (C=O) groups is 1. The number of amides is 1. The molecule has 5 rings (SSSR count). The summed E-state index contributed by atoms with van der Waals surface area (Å²) in [7, 11) is 1.68. The molecule has 5 heteroatoms. The lowest BCUT2D eigenvalue weighted by Gasteiger charge is -2.59. The molecule has 0 aromatic heterocycles. The van der Waals surface area contributed by atoms with Gasteiger partial charge in [0.2, 0.25) is 5.91 Å². The van der Waals surface area contributed by atoms with Crippen molar-refractivity contribution < 1.29 is 14.6 Å². The van der Waals surface area contributed by atoms with Crippen LogP contribution in [-0.4, -0.2) is 48.3 Å². The Balaban J connectivity index is 1.45. The molecule has 2 aliphatic heterocycles. The average Bonchev–Trinajstić information content (AvgIpc) is 3.57. The van der Waals surface area contributed by atoms with Crippen molar-refractivity contribution in [3.05, 3.63) is 59.7 Å². The Morgan fingerprint density at radius 2 is 2.00 bits per heavy atom. The van der Waals surface area contributed by atoms with Crippen LogP contribution in [0.4, 0.5) is 5.69 Å². The third-order valence-corrected chi connectivity index (χ3v) is 6.52. The van der Waals surface area contributed by atoms with Crippen LogP contribution in [0.2, 0.25) is 0 Å². The maximum atomic E-state index is 12.9. The quantitative estimate of drug-likeness (QED) is 0.869. The highest BCUT2D eigenvalue weighted by Crippen LogP contribution is 2.49. The number of methoxy groups -OCH3 is 1. The molecule has 3 aliphatic rings. The number of nitrogens with zero attached hydrogens (tertiary/aromatic N) is 2. The van der Waals surface area contributed by atoms with Crippen molar-refractivity contribution >= 4 is 11.6 Å². The Kier molecular flexibility index (Phi) is 4.37. The summed E-state index contributed by atoms with van der Waals surface area (Å²) in [5.74, 6) is 1.58. The zero-order chi connectivity index (χ0) is 19.3. The molecule has 1 saturated carbocycles. The minimum Gasteiger partial charge on any atom is -0.497 e. The molecule has 0 spiro atoms. The van der Waals surface area contributed by atoms with Crippen LogP contribution in [0.25, 0.3) is 0 Å². The van der Waals surface area contributed by atoms with E-state index in [1.54, 1.807) is 7.11 Å². The standard InChI is InChI=1S/C23H26N2O3/c1-28-17-6-4-5-15(11-17)12-24-20-13-25(23(27)16-9-10-16)19-8-3-2-7-18(19)22(20)21(24)14-26/h2-8,11,16,20-22,26H,9-10,12-14H2,1H3/t20-,21+,22+/m1/s1. The van der Waals surface area contributed by atoms with E-state index in [2.05, 4.69) is 23.1 Å². The first-order valence-corrected chi connectivity index (χ1v) is 10.1. The molecule has 1 saturated heterocycles. The highest BCUT2D eigenvalue weighted by atomic mass is 16.5. The first-order valence-electron chi connectivity index (χ1n) is 10.1. The Morgan fingerprint density at radius 1 is 1.18 bits per heavy atom. The number of carbonyl (C=O) groups excluding carboxylic acids is 1. The molecular formula is C23H26N2O3. The smallest absolute Gasteiger partial charge is 0.230 e. The maximum Gasteiger partial charge on any atom is 0.230 e. The molecule has 1 aliphatic carbocycles. The van der Waals surface area contributed by atoms with Gasteiger partial charge in [0.1, 0.15) is 5.75 Å². The summed E-state index contributed by atoms with van der Waals surface area (Å²) in [5, 5.41) is 10.1. The minimum atomic E-state index is 0.0792. The van der Waals surface area contributed by atoms with E-state index in [0.29, 0.717) is 6.54 Å². The highest BCUT2D eigenvalue weighted by molar-refractivity contribution is 5.98. The van der Waals surface area contributed by atoms with Crippen molar-refractivity contribution in [2.45, 2.75) is 37.4 Å². The van der Waals surface area contributed by atoms with E-state index >= 15 is 0 Å². The maximum absolute atomic E-state index is 12.9. The lowest BCUT2D eigenvalue weighted by atomic mass is 9.71. The van der Waals surface area contributed by atoms with Gasteiger partial charge in [-0.1, -0.05) is 30.3 Å². The summed E-state index contributed by atoms with van der Waals surface area (Å²) < 4.78 is 5.36. The molecule has 2 aromatic carbocycles. The summed E-state index contributed by atoms with van der Waals surface area (Å²) in [6.45, 7) is 1.57. The molecule has 2 aromatic rings. The molecule has 5 nitrogen and oxygen atoms in total. The number of hydrogen-bond donors (Lipinski definition) is 1. The molecule has 2 fully saturated rings. The number of aliphatic hydroxyl groups excluding tert-OH is 1. The van der Waals surface area contributed by atoms with Gasteiger partial charge < -0.3 is 14.7 Å². The van der Waals surface area contributed by atoms with Gasteiger partial charge >= 0.3 is 0 Å². The van der Waals surface area contributed by atoms with Crippen molar-refractivity contribution in [2.75, 3.05) is 25.2 Å². The van der Waals surface area contributed by atoms with E-state index in [9.17, 15) is 9.90 Å². The summed E-state index contributed by atoms with van der Waals surface area (Å²) in [4.78, 5) is 17.3. The SMILES string of the molecule is COc1cccc(CN2[C@@H]3CN(C(=O)C4CC4)c4ccccc4[C@@H]3[C@@H]2CO)c1. The van der Waals surface area contributed by atoms with Gasteiger partial charge in [0, 0.05) is 42.7 Å². The monoisotopic (exact) mass is 378 g/mol. The van der Waals surface area contributed by atoms with Crippen molar-refractivity contribution in [2.24, 2.45) is 5.92 Å². The molecule has 1 amide bonds. The van der Waals surface area contributed by atoms with Gasteiger partial charge in [0.25, 0.3) is 0 Å². The number of fused-ring (bicyclic) bond motifs is 3. The fourth-order valence-corrected chi connectivity index (χ4v) is 4.94. The van der Waals surface area contributed by atoms with Crippen LogP contribution in [0.5, 0.6) is 5.75 Å². The normalized spacial score (nSPS) is 26.2. The minimum absolute atomic E-state index is 0.0792. The van der Waals surface area contributed by atoms with Gasteiger partial charge in [0.05, 0.1) is 13.7 Å². The van der Waals surface area contributed by atoms with Crippen molar-refractivity contribution in [1.82, 2.24) is 4.90 Å². The van der Waals surface area contributed by atoms with E-state index in [4.69, 9.17) is 4.74 Å². The summed E-state index contributed by atoms with van der Waals surface area (Å²) in [5.41, 5.74) is 3.41. The lowest BCUT2D eigenvalue weighted by molar-refractivity contribution is -0.121. The Labute approximate surface area is 165 Å². The fraction of sp³-hybridized carbons (Fsp3) is 0.435. The van der Waals surface area contributed by atoms with Crippen LogP contribution < -0.4 is 9.64 Å². The van der Waals surface area contributed by atoms with Crippen molar-refractivity contribution in [1.29, 1.82) is 0 Å². The molecular weight excluding hydrogens is 352 g/mol. The molecule has 2 heterocycles. The van der Waals surface area contributed by atoms with Crippen LogP contribution in [0.15, 0.2) is 48.5 Å². The number of likely N-dealkylation sites (tertiary alicyclic amines) is 1. The number of ether oxygens (including phenoxy) is 1. The molecule has 0 bridgehead atoms. The van der Waals surface area contributed by atoms with Crippen molar-refractivity contribution in [3.63, 3.8) is 0 Å². The Morgan fingerprint density at radius 3 is 2.75 bits per heavy atom. The first kappa shape index (κ1) is 17.7. The van der Waals surface area contributed by atoms with Gasteiger partial charge in [-0.2, -0.15) is 0 Å². The van der Waals surface area contributed by atoms with Gasteiger partial charge in [-0.05, 0) is 42.2 Å². The second kappa shape index (κ2) is 6.90. The lowest BCUT2D eigenvalue weighted by Crippen LogP contribution is -2.68. The predicted octanol–water partition coefficient (Wildman–Crippen LogP) is 2.78. The summed E-state index contributed by atoms with van der Waals surface area (Å²) in [6, 6.07) is 16.6. The zero-order valence-corrected chi connectivity index (χ0v) is 16.1. The van der Waals surface area contributed by atoms with E-state index in [1.165, 1.54) is 5.56 Å². The number of anilines is 1. The summed E-state index contributed by atoms with van der Waals surface area (Å²) >= 11 is 0. The number of rotatable bonds is 5. The highest BCUT2D eigenvalue weighted by Gasteiger charge is 2.53. The largest absolute Gasteiger partial charge is 0.497 e. The molecule has 146 valence electrons. The Bertz CT molecular complexity index is 895. The molecule has 28 heavy (non-hydrogen) atoms. The molecule has 0 unspecified atom stereocenters. The third-order valence-electron chi connectivity index (χ3n) is 6.52. The van der Waals surface area contributed by atoms with Gasteiger partial charge in [0.15, 0.2) is 0 Å².